The van der Waals surface area contributed by atoms with Gasteiger partial charge in [0.15, 0.2) is 0 Å². The number of nitrogen functional groups attached to an aromatic ring is 1. The van der Waals surface area contributed by atoms with E-state index < -0.39 is 0 Å². The molecular formula is C57H48N4O2. The molecule has 0 saturated heterocycles. The van der Waals surface area contributed by atoms with Crippen molar-refractivity contribution in [1.29, 1.82) is 0 Å². The van der Waals surface area contributed by atoms with Crippen molar-refractivity contribution in [1.82, 2.24) is 0 Å². The van der Waals surface area contributed by atoms with E-state index in [1.165, 1.54) is 11.1 Å². The summed E-state index contributed by atoms with van der Waals surface area (Å²) in [6.07, 6.45) is 0. The van der Waals surface area contributed by atoms with Crippen LogP contribution in [-0.2, 0) is 0 Å². The number of nitrogens with one attached hydrogen (secondary N) is 1. The molecule has 11 rings (SSSR count). The molecular weight excluding hydrogens is 773 g/mol. The smallest absolute Gasteiger partial charge is 0.139 e. The molecule has 0 aliphatic heterocycles. The number of fused-ring (bicyclic) bond motifs is 8. The second-order valence-electron chi connectivity index (χ2n) is 17.4. The van der Waals surface area contributed by atoms with E-state index in [4.69, 9.17) is 14.6 Å². The Kier molecular flexibility index (Phi) is 9.12. The molecule has 9 aromatic carbocycles. The van der Waals surface area contributed by atoms with Gasteiger partial charge in [-0.25, -0.2) is 0 Å². The molecule has 0 saturated carbocycles. The Balaban J connectivity index is 0.980. The van der Waals surface area contributed by atoms with E-state index in [1.54, 1.807) is 0 Å². The molecule has 0 fully saturated rings. The van der Waals surface area contributed by atoms with Crippen LogP contribution in [0.4, 0.5) is 45.5 Å². The number of nitrogens with zero attached hydrogens (tertiary/aromatic N) is 2. The second-order valence-corrected chi connectivity index (χ2v) is 17.4. The van der Waals surface area contributed by atoms with E-state index >= 15 is 0 Å². The van der Waals surface area contributed by atoms with Crippen molar-refractivity contribution in [2.45, 2.75) is 39.5 Å². The third kappa shape index (κ3) is 6.75. The Morgan fingerprint density at radius 3 is 1.16 bits per heavy atom. The summed E-state index contributed by atoms with van der Waals surface area (Å²) >= 11 is 0. The van der Waals surface area contributed by atoms with Crippen molar-refractivity contribution in [2.24, 2.45) is 0 Å². The quantitative estimate of drug-likeness (QED) is 0.141. The van der Waals surface area contributed by atoms with Crippen molar-refractivity contribution < 1.29 is 8.83 Å². The van der Waals surface area contributed by atoms with Gasteiger partial charge < -0.3 is 29.7 Å². The molecule has 2 aromatic heterocycles. The zero-order chi connectivity index (χ0) is 42.9. The van der Waals surface area contributed by atoms with Crippen molar-refractivity contribution in [3.8, 4) is 0 Å². The topological polar surface area (TPSA) is 70.8 Å². The van der Waals surface area contributed by atoms with Crippen molar-refractivity contribution in [2.75, 3.05) is 27.9 Å². The Bertz CT molecular complexity index is 3490. The first kappa shape index (κ1) is 38.2. The molecule has 0 radical (unpaired) electrons. The van der Waals surface area contributed by atoms with Crippen LogP contribution in [0, 0.1) is 0 Å². The number of rotatable bonds is 9. The van der Waals surface area contributed by atoms with Gasteiger partial charge >= 0.3 is 0 Å². The number of anilines is 8. The van der Waals surface area contributed by atoms with E-state index in [9.17, 15) is 0 Å². The number of nitrogens with two attached hydrogens (primary N) is 1. The van der Waals surface area contributed by atoms with Gasteiger partial charge in [0.2, 0.25) is 0 Å². The first-order valence-corrected chi connectivity index (χ1v) is 21.8. The first-order valence-electron chi connectivity index (χ1n) is 21.8. The van der Waals surface area contributed by atoms with E-state index in [-0.39, 0.29) is 0 Å². The lowest BCUT2D eigenvalue weighted by Gasteiger charge is -2.26. The minimum Gasteiger partial charge on any atom is -0.456 e. The van der Waals surface area contributed by atoms with Gasteiger partial charge in [-0.15, -0.1) is 0 Å². The number of benzene rings is 9. The van der Waals surface area contributed by atoms with Gasteiger partial charge in [-0.3, -0.25) is 0 Å². The Labute approximate surface area is 366 Å². The maximum Gasteiger partial charge on any atom is 0.139 e. The number of furan rings is 2. The van der Waals surface area contributed by atoms with Gasteiger partial charge in [-0.2, -0.15) is 0 Å². The van der Waals surface area contributed by atoms with Gasteiger partial charge in [-0.1, -0.05) is 64.1 Å². The summed E-state index contributed by atoms with van der Waals surface area (Å²) in [5.41, 5.74) is 20.3. The minimum atomic E-state index is 0.455. The molecule has 0 spiro atoms. The van der Waals surface area contributed by atoms with Crippen LogP contribution < -0.4 is 20.9 Å². The summed E-state index contributed by atoms with van der Waals surface area (Å²) in [6.45, 7) is 8.90. The van der Waals surface area contributed by atoms with Crippen LogP contribution in [0.5, 0.6) is 0 Å². The highest BCUT2D eigenvalue weighted by molar-refractivity contribution is 6.18. The molecule has 2 heterocycles. The van der Waals surface area contributed by atoms with E-state index in [1.807, 2.05) is 19.2 Å². The lowest BCUT2D eigenvalue weighted by atomic mass is 10.0. The van der Waals surface area contributed by atoms with Crippen LogP contribution >= 0.6 is 0 Å². The molecule has 0 atom stereocenters. The molecule has 11 aromatic rings. The van der Waals surface area contributed by atoms with Crippen LogP contribution in [0.2, 0.25) is 0 Å². The van der Waals surface area contributed by atoms with E-state index in [0.717, 1.165) is 111 Å². The Morgan fingerprint density at radius 2 is 0.746 bits per heavy atom. The fourth-order valence-electron chi connectivity index (χ4n) is 9.10. The first-order chi connectivity index (χ1) is 30.7. The molecule has 0 aliphatic carbocycles. The maximum absolute atomic E-state index is 6.63. The highest BCUT2D eigenvalue weighted by Crippen LogP contribution is 2.43. The lowest BCUT2D eigenvalue weighted by molar-refractivity contribution is 0.656. The Morgan fingerprint density at radius 1 is 0.381 bits per heavy atom. The minimum absolute atomic E-state index is 0.455. The third-order valence-electron chi connectivity index (χ3n) is 12.7. The van der Waals surface area contributed by atoms with E-state index in [2.05, 4.69) is 201 Å². The van der Waals surface area contributed by atoms with Crippen molar-refractivity contribution in [3.05, 3.63) is 181 Å². The van der Waals surface area contributed by atoms with Crippen LogP contribution in [0.1, 0.15) is 50.7 Å². The fraction of sp³-hybridized carbons (Fsp3) is 0.123. The van der Waals surface area contributed by atoms with Crippen molar-refractivity contribution >= 4 is 111 Å². The highest BCUT2D eigenvalue weighted by Gasteiger charge is 2.19. The second kappa shape index (κ2) is 15.0. The third-order valence-corrected chi connectivity index (χ3v) is 12.7. The molecule has 0 unspecified atom stereocenters. The predicted octanol–water partition coefficient (Wildman–Crippen LogP) is 16.6. The monoisotopic (exact) mass is 820 g/mol. The normalized spacial score (nSPS) is 11.9. The summed E-state index contributed by atoms with van der Waals surface area (Å²) in [6, 6.07) is 60.9. The molecule has 0 amide bonds. The van der Waals surface area contributed by atoms with Crippen LogP contribution in [0.3, 0.4) is 0 Å². The maximum atomic E-state index is 6.63. The number of hydrogen-bond donors (Lipinski definition) is 2. The van der Waals surface area contributed by atoms with Crippen LogP contribution in [0.15, 0.2) is 179 Å². The molecule has 0 bridgehead atoms. The summed E-state index contributed by atoms with van der Waals surface area (Å²) in [5, 5.41) is 12.0. The predicted molar refractivity (Wildman–Crippen MR) is 268 cm³/mol. The van der Waals surface area contributed by atoms with Crippen LogP contribution in [-0.4, -0.2) is 7.05 Å². The SMILES string of the molecule is CNc1ccc(N(c2ccc(C(C)C)cc2)c2ccc3cc4c(cc3c2)oc2cc3oc5cc6cc(N(c7ccc(N)cc7)c7ccc(C(C)C)cc7)ccc6cc5c3cc24)cc1. The lowest BCUT2D eigenvalue weighted by Crippen LogP contribution is -2.10. The van der Waals surface area contributed by atoms with Gasteiger partial charge in [0.25, 0.3) is 0 Å². The van der Waals surface area contributed by atoms with Gasteiger partial charge in [0, 0.05) is 80.2 Å². The van der Waals surface area contributed by atoms with Crippen LogP contribution in [0.25, 0.3) is 65.4 Å². The fourth-order valence-corrected chi connectivity index (χ4v) is 9.10. The van der Waals surface area contributed by atoms with Crippen molar-refractivity contribution in [3.63, 3.8) is 0 Å². The molecule has 3 N–H and O–H groups in total. The summed E-state index contributed by atoms with van der Waals surface area (Å²) in [4.78, 5) is 4.59. The zero-order valence-electron chi connectivity index (χ0n) is 36.1. The largest absolute Gasteiger partial charge is 0.456 e. The average molecular weight is 821 g/mol. The molecule has 63 heavy (non-hydrogen) atoms. The highest BCUT2D eigenvalue weighted by atomic mass is 16.3. The van der Waals surface area contributed by atoms with Gasteiger partial charge in [-0.05, 0) is 172 Å². The standard InChI is InChI=1S/C57H48N4O2/c1-34(2)36-6-16-44(17-7-36)60(46-22-12-42(58)13-23-46)48-20-10-38-28-50-52-32-53-51-29-39-11-21-49(27-41(39)31-55(51)63-57(53)33-56(52)62-54(50)30-40(38)26-48)61(47-24-14-43(59-5)15-25-47)45-18-8-37(9-19-45)35(3)4/h6-35,59H,58H2,1-5H3. The summed E-state index contributed by atoms with van der Waals surface area (Å²) in [5.74, 6) is 0.916. The average Bonchev–Trinajstić information content (AvgIpc) is 3.83. The van der Waals surface area contributed by atoms with Gasteiger partial charge in [0.05, 0.1) is 0 Å². The Hall–Kier alpha value is -7.70. The molecule has 0 aliphatic rings. The summed E-state index contributed by atoms with van der Waals surface area (Å²) in [7, 11) is 1.95. The van der Waals surface area contributed by atoms with Gasteiger partial charge in [0.1, 0.15) is 22.3 Å². The molecule has 6 nitrogen and oxygen atoms in total. The summed E-state index contributed by atoms with van der Waals surface area (Å²) < 4.78 is 13.3. The molecule has 308 valence electrons. The van der Waals surface area contributed by atoms with E-state index in [0.29, 0.717) is 11.8 Å². The number of hydrogen-bond acceptors (Lipinski definition) is 6. The zero-order valence-corrected chi connectivity index (χ0v) is 36.1. The molecule has 6 heteroatoms.